The molecule has 142 valence electrons. The zero-order valence-corrected chi connectivity index (χ0v) is 15.4. The molecule has 6 heteroatoms. The Morgan fingerprint density at radius 3 is 2.56 bits per heavy atom. The number of halogens is 1. The van der Waals surface area contributed by atoms with Crippen LogP contribution in [0.5, 0.6) is 17.2 Å². The predicted octanol–water partition coefficient (Wildman–Crippen LogP) is 4.48. The zero-order chi connectivity index (χ0) is 19.1. The first-order valence-corrected chi connectivity index (χ1v) is 9.56. The molecule has 0 aromatic heterocycles. The number of carbonyl (C=O) groups is 1. The van der Waals surface area contributed by atoms with Crippen LogP contribution in [0.1, 0.15) is 65.6 Å². The van der Waals surface area contributed by atoms with E-state index in [4.69, 9.17) is 16.3 Å². The molecule has 1 unspecified atom stereocenters. The van der Waals surface area contributed by atoms with Crippen LogP contribution in [0.15, 0.2) is 30.3 Å². The van der Waals surface area contributed by atoms with Gasteiger partial charge in [0.2, 0.25) is 0 Å². The van der Waals surface area contributed by atoms with E-state index in [1.54, 1.807) is 18.2 Å². The number of hydrogen-bond donors (Lipinski definition) is 3. The molecule has 5 nitrogen and oxygen atoms in total. The number of benzene rings is 2. The van der Waals surface area contributed by atoms with Gasteiger partial charge in [0.25, 0.3) is 0 Å². The van der Waals surface area contributed by atoms with E-state index in [9.17, 15) is 20.1 Å². The Hall–Kier alpha value is -2.24. The van der Waals surface area contributed by atoms with Crippen LogP contribution in [0.2, 0.25) is 5.02 Å². The van der Waals surface area contributed by atoms with Crippen molar-refractivity contribution in [2.75, 3.05) is 0 Å². The van der Waals surface area contributed by atoms with Crippen molar-refractivity contribution >= 4 is 17.4 Å². The number of phenols is 2. The molecule has 0 radical (unpaired) electrons. The Kier molecular flexibility index (Phi) is 4.74. The molecule has 2 aromatic rings. The topological polar surface area (TPSA) is 87.0 Å². The Labute approximate surface area is 162 Å². The molecule has 2 aromatic carbocycles. The van der Waals surface area contributed by atoms with Gasteiger partial charge in [-0.05, 0) is 18.9 Å². The van der Waals surface area contributed by atoms with Crippen LogP contribution in [0.25, 0.3) is 0 Å². The fourth-order valence-electron chi connectivity index (χ4n) is 4.21. The molecule has 1 aliphatic carbocycles. The Balaban J connectivity index is 1.84. The first kappa shape index (κ1) is 18.1. The van der Waals surface area contributed by atoms with Crippen molar-refractivity contribution in [3.05, 3.63) is 52.0 Å². The summed E-state index contributed by atoms with van der Waals surface area (Å²) in [6.45, 7) is 0. The second kappa shape index (κ2) is 7.06. The average Bonchev–Trinajstić information content (AvgIpc) is 2.63. The summed E-state index contributed by atoms with van der Waals surface area (Å²) in [5, 5.41) is 31.7. The van der Waals surface area contributed by atoms with E-state index >= 15 is 0 Å². The highest BCUT2D eigenvalue weighted by Crippen LogP contribution is 2.51. The number of hydrogen-bond acceptors (Lipinski definition) is 5. The van der Waals surface area contributed by atoms with Crippen molar-refractivity contribution < 1.29 is 24.9 Å². The van der Waals surface area contributed by atoms with Gasteiger partial charge in [-0.2, -0.15) is 0 Å². The van der Waals surface area contributed by atoms with Crippen molar-refractivity contribution in [1.29, 1.82) is 0 Å². The van der Waals surface area contributed by atoms with Gasteiger partial charge in [0.15, 0.2) is 5.78 Å². The number of phenolic OH excluding ortho intramolecular Hbond substituents is 2. The minimum absolute atomic E-state index is 0.0434. The van der Waals surface area contributed by atoms with Gasteiger partial charge in [-0.25, -0.2) is 0 Å². The Morgan fingerprint density at radius 2 is 1.81 bits per heavy atom. The summed E-state index contributed by atoms with van der Waals surface area (Å²) in [5.41, 5.74) is 1.15. The van der Waals surface area contributed by atoms with Gasteiger partial charge < -0.3 is 20.1 Å². The van der Waals surface area contributed by atoms with Gasteiger partial charge in [0.05, 0.1) is 12.5 Å². The zero-order valence-electron chi connectivity index (χ0n) is 14.7. The van der Waals surface area contributed by atoms with Crippen LogP contribution in [0, 0.1) is 0 Å². The molecule has 1 fully saturated rings. The van der Waals surface area contributed by atoms with Crippen LogP contribution in [0.3, 0.4) is 0 Å². The van der Waals surface area contributed by atoms with Crippen molar-refractivity contribution in [2.24, 2.45) is 0 Å². The molecule has 0 amide bonds. The number of aliphatic hydroxyl groups excluding tert-OH is 1. The largest absolute Gasteiger partial charge is 0.507 e. The van der Waals surface area contributed by atoms with Crippen LogP contribution in [-0.4, -0.2) is 27.2 Å². The molecule has 27 heavy (non-hydrogen) atoms. The summed E-state index contributed by atoms with van der Waals surface area (Å²) in [4.78, 5) is 12.8. The molecular formula is C21H21ClO5. The first-order chi connectivity index (χ1) is 13.0. The maximum Gasteiger partial charge on any atom is 0.174 e. The van der Waals surface area contributed by atoms with Gasteiger partial charge in [-0.1, -0.05) is 42.6 Å². The van der Waals surface area contributed by atoms with E-state index in [0.29, 0.717) is 29.0 Å². The second-order valence-electron chi connectivity index (χ2n) is 7.25. The number of aliphatic hydroxyl groups is 1. The summed E-state index contributed by atoms with van der Waals surface area (Å²) in [7, 11) is 0. The van der Waals surface area contributed by atoms with E-state index in [2.05, 4.69) is 0 Å². The van der Waals surface area contributed by atoms with E-state index in [-0.39, 0.29) is 40.9 Å². The van der Waals surface area contributed by atoms with Crippen molar-refractivity contribution in [2.45, 2.75) is 50.2 Å². The number of carbonyl (C=O) groups excluding carboxylic acids is 1. The lowest BCUT2D eigenvalue weighted by molar-refractivity contribution is 0.0813. The number of rotatable bonds is 2. The van der Waals surface area contributed by atoms with Crippen LogP contribution in [0.4, 0.5) is 0 Å². The van der Waals surface area contributed by atoms with Crippen molar-refractivity contribution in [3.8, 4) is 17.2 Å². The fourth-order valence-corrected chi connectivity index (χ4v) is 4.47. The summed E-state index contributed by atoms with van der Waals surface area (Å²) in [6, 6.07) is 8.31. The summed E-state index contributed by atoms with van der Waals surface area (Å²) in [5.74, 6) is -0.917. The maximum absolute atomic E-state index is 12.8. The van der Waals surface area contributed by atoms with Crippen LogP contribution in [-0.2, 0) is 0 Å². The Bertz CT molecular complexity index is 894. The lowest BCUT2D eigenvalue weighted by Crippen LogP contribution is -2.27. The number of ether oxygens (including phenoxy) is 1. The molecule has 4 rings (SSSR count). The van der Waals surface area contributed by atoms with Gasteiger partial charge in [-0.15, -0.1) is 0 Å². The molecule has 1 heterocycles. The molecule has 2 aliphatic rings. The molecule has 3 N–H and O–H groups in total. The first-order valence-electron chi connectivity index (χ1n) is 9.18. The number of aromatic hydroxyl groups is 2. The molecular weight excluding hydrogens is 368 g/mol. The van der Waals surface area contributed by atoms with Gasteiger partial charge >= 0.3 is 0 Å². The van der Waals surface area contributed by atoms with E-state index in [1.807, 2.05) is 6.07 Å². The van der Waals surface area contributed by atoms with Crippen molar-refractivity contribution in [1.82, 2.24) is 0 Å². The second-order valence-corrected chi connectivity index (χ2v) is 7.65. The van der Waals surface area contributed by atoms with Gasteiger partial charge in [0, 0.05) is 28.1 Å². The lowest BCUT2D eigenvalue weighted by Gasteiger charge is -2.34. The molecule has 1 saturated carbocycles. The molecule has 3 atom stereocenters. The highest BCUT2D eigenvalue weighted by molar-refractivity contribution is 6.31. The molecule has 0 saturated heterocycles. The van der Waals surface area contributed by atoms with Gasteiger partial charge in [0.1, 0.15) is 28.9 Å². The lowest BCUT2D eigenvalue weighted by atomic mass is 9.79. The van der Waals surface area contributed by atoms with Gasteiger partial charge in [-0.3, -0.25) is 4.79 Å². The number of Topliss-reactive ketones (excluding diaryl/α,β-unsaturated/α-hetero) is 1. The minimum atomic E-state index is -0.627. The maximum atomic E-state index is 12.8. The smallest absolute Gasteiger partial charge is 0.174 e. The number of fused-ring (bicyclic) bond motifs is 1. The van der Waals surface area contributed by atoms with Crippen LogP contribution < -0.4 is 4.74 Å². The third-order valence-corrected chi connectivity index (χ3v) is 5.88. The molecule has 1 aliphatic heterocycles. The quantitative estimate of drug-likeness (QED) is 0.706. The van der Waals surface area contributed by atoms with E-state index in [1.165, 1.54) is 6.07 Å². The van der Waals surface area contributed by atoms with E-state index in [0.717, 1.165) is 12.8 Å². The number of ketones is 1. The standard InChI is InChI=1S/C21H21ClO5/c22-13-7-3-1-5-11(13)18-10-17(26)20-16(25)9-15(24)19(21(20)27-18)12-6-2-4-8-14(12)23/h1,3,5,7,9,12,14,18,23-25H,2,4,6,8,10H2/t12-,14+,18?/m1/s1. The highest BCUT2D eigenvalue weighted by Gasteiger charge is 2.38. The third kappa shape index (κ3) is 3.15. The summed E-state index contributed by atoms with van der Waals surface area (Å²) < 4.78 is 6.13. The fraction of sp³-hybridized carbons (Fsp3) is 0.381. The summed E-state index contributed by atoms with van der Waals surface area (Å²) in [6.07, 6.45) is 1.94. The van der Waals surface area contributed by atoms with Crippen LogP contribution >= 0.6 is 11.6 Å². The molecule has 0 bridgehead atoms. The normalized spacial score (nSPS) is 25.0. The monoisotopic (exact) mass is 388 g/mol. The van der Waals surface area contributed by atoms with Crippen molar-refractivity contribution in [3.63, 3.8) is 0 Å². The summed E-state index contributed by atoms with van der Waals surface area (Å²) >= 11 is 6.28. The molecule has 0 spiro atoms. The highest BCUT2D eigenvalue weighted by atomic mass is 35.5. The third-order valence-electron chi connectivity index (χ3n) is 5.54. The SMILES string of the molecule is O=C1CC(c2ccccc2Cl)Oc2c1c(O)cc(O)c2[C@@H]1CCCC[C@@H]1O. The van der Waals surface area contributed by atoms with E-state index < -0.39 is 12.2 Å². The predicted molar refractivity (Wildman–Crippen MR) is 101 cm³/mol. The average molecular weight is 389 g/mol. The Morgan fingerprint density at radius 1 is 1.07 bits per heavy atom. The minimum Gasteiger partial charge on any atom is -0.507 e.